The highest BCUT2D eigenvalue weighted by Crippen LogP contribution is 2.40. The average Bonchev–Trinajstić information content (AvgIpc) is 3.40. The monoisotopic (exact) mass is 366 g/mol. The summed E-state index contributed by atoms with van der Waals surface area (Å²) in [7, 11) is 0. The lowest BCUT2D eigenvalue weighted by Gasteiger charge is -2.11. The second-order valence-electron chi connectivity index (χ2n) is 7.42. The van der Waals surface area contributed by atoms with Crippen molar-refractivity contribution in [2.24, 2.45) is 11.8 Å². The molecule has 2 atom stereocenters. The van der Waals surface area contributed by atoms with Crippen LogP contribution in [0.25, 0.3) is 0 Å². The van der Waals surface area contributed by atoms with E-state index in [1.165, 1.54) is 5.56 Å². The number of carbonyl (C=O) groups excluding carboxylic acids is 2. The molecule has 2 aromatic rings. The quantitative estimate of drug-likeness (QED) is 0.801. The fraction of sp³-hybridized carbons (Fsp3) is 0.364. The van der Waals surface area contributed by atoms with Crippen molar-refractivity contribution in [3.63, 3.8) is 0 Å². The smallest absolute Gasteiger partial charge is 0.228 e. The number of hydrogen-bond acceptors (Lipinski definition) is 3. The van der Waals surface area contributed by atoms with Gasteiger partial charge in [0.2, 0.25) is 11.8 Å². The summed E-state index contributed by atoms with van der Waals surface area (Å²) in [6.45, 7) is 7.97. The van der Waals surface area contributed by atoms with Gasteiger partial charge >= 0.3 is 0 Å². The minimum Gasteiger partial charge on any atom is -0.491 e. The highest BCUT2D eigenvalue weighted by molar-refractivity contribution is 6.03. The molecule has 2 unspecified atom stereocenters. The molecule has 1 aliphatic rings. The van der Waals surface area contributed by atoms with Crippen molar-refractivity contribution in [3.8, 4) is 5.75 Å². The Kier molecular flexibility index (Phi) is 5.49. The lowest BCUT2D eigenvalue weighted by atomic mass is 10.1. The third kappa shape index (κ3) is 4.88. The maximum absolute atomic E-state index is 12.4. The van der Waals surface area contributed by atoms with E-state index in [1.54, 1.807) is 0 Å². The van der Waals surface area contributed by atoms with Crippen LogP contribution in [0.4, 0.5) is 11.4 Å². The van der Waals surface area contributed by atoms with E-state index in [9.17, 15) is 9.59 Å². The summed E-state index contributed by atoms with van der Waals surface area (Å²) in [6, 6.07) is 13.1. The van der Waals surface area contributed by atoms with Crippen molar-refractivity contribution in [2.45, 2.75) is 40.2 Å². The number of anilines is 2. The maximum Gasteiger partial charge on any atom is 0.228 e. The first-order valence-electron chi connectivity index (χ1n) is 9.29. The van der Waals surface area contributed by atoms with Gasteiger partial charge in [0.05, 0.1) is 17.9 Å². The van der Waals surface area contributed by atoms with E-state index in [0.29, 0.717) is 12.1 Å². The molecule has 1 saturated carbocycles. The molecule has 0 saturated heterocycles. The molecular weight excluding hydrogens is 340 g/mol. The molecule has 5 nitrogen and oxygen atoms in total. The number of benzene rings is 2. The second-order valence-corrected chi connectivity index (χ2v) is 7.42. The van der Waals surface area contributed by atoms with Crippen LogP contribution in [-0.2, 0) is 9.59 Å². The van der Waals surface area contributed by atoms with Crippen molar-refractivity contribution < 1.29 is 14.3 Å². The molecule has 2 aromatic carbocycles. The Balaban J connectivity index is 1.52. The Morgan fingerprint density at radius 2 is 1.44 bits per heavy atom. The number of ether oxygens (including phenoxy) is 1. The summed E-state index contributed by atoms with van der Waals surface area (Å²) >= 11 is 0. The molecule has 0 bridgehead atoms. The first-order chi connectivity index (χ1) is 12.8. The van der Waals surface area contributed by atoms with E-state index in [0.717, 1.165) is 17.0 Å². The molecule has 142 valence electrons. The van der Waals surface area contributed by atoms with Gasteiger partial charge in [0.15, 0.2) is 0 Å². The number of hydrogen-bond donors (Lipinski definition) is 2. The molecule has 0 spiro atoms. The number of nitrogens with one attached hydrogen (secondary N) is 2. The molecule has 27 heavy (non-hydrogen) atoms. The Morgan fingerprint density at radius 3 is 2.00 bits per heavy atom. The van der Waals surface area contributed by atoms with Gasteiger partial charge in [-0.2, -0.15) is 0 Å². The zero-order valence-electron chi connectivity index (χ0n) is 16.2. The van der Waals surface area contributed by atoms with Crippen LogP contribution in [0.2, 0.25) is 0 Å². The Bertz CT molecular complexity index is 843. The minimum atomic E-state index is -0.275. The van der Waals surface area contributed by atoms with Gasteiger partial charge in [-0.05, 0) is 81.6 Å². The molecule has 0 aliphatic heterocycles. The van der Waals surface area contributed by atoms with Crippen molar-refractivity contribution in [2.75, 3.05) is 10.6 Å². The lowest BCUT2D eigenvalue weighted by molar-refractivity contribution is -0.122. The van der Waals surface area contributed by atoms with Crippen LogP contribution in [0.1, 0.15) is 31.4 Å². The number of amides is 2. The van der Waals surface area contributed by atoms with Crippen molar-refractivity contribution in [3.05, 3.63) is 53.6 Å². The molecule has 2 N–H and O–H groups in total. The van der Waals surface area contributed by atoms with Crippen LogP contribution in [0, 0.1) is 25.7 Å². The van der Waals surface area contributed by atoms with Gasteiger partial charge in [0.1, 0.15) is 5.75 Å². The first kappa shape index (κ1) is 19.0. The van der Waals surface area contributed by atoms with E-state index >= 15 is 0 Å². The van der Waals surface area contributed by atoms with Gasteiger partial charge in [-0.3, -0.25) is 9.59 Å². The molecule has 1 aliphatic carbocycles. The molecule has 2 amide bonds. The summed E-state index contributed by atoms with van der Waals surface area (Å²) in [5, 5.41) is 5.79. The zero-order valence-corrected chi connectivity index (χ0v) is 16.2. The van der Waals surface area contributed by atoms with Crippen LogP contribution >= 0.6 is 0 Å². The van der Waals surface area contributed by atoms with Crippen LogP contribution < -0.4 is 15.4 Å². The number of rotatable bonds is 6. The number of aryl methyl sites for hydroxylation is 2. The SMILES string of the molecule is Cc1ccc(NC(=O)C2CC2C(=O)Nc2ccc(OC(C)C)cc2)cc1C. The van der Waals surface area contributed by atoms with E-state index < -0.39 is 0 Å². The van der Waals surface area contributed by atoms with Gasteiger partial charge in [-0.1, -0.05) is 6.07 Å². The van der Waals surface area contributed by atoms with Gasteiger partial charge in [-0.15, -0.1) is 0 Å². The van der Waals surface area contributed by atoms with E-state index in [-0.39, 0.29) is 29.8 Å². The fourth-order valence-electron chi connectivity index (χ4n) is 2.95. The predicted octanol–water partition coefficient (Wildman–Crippen LogP) is 4.30. The summed E-state index contributed by atoms with van der Waals surface area (Å²) in [5.41, 5.74) is 3.79. The van der Waals surface area contributed by atoms with Crippen LogP contribution in [-0.4, -0.2) is 17.9 Å². The van der Waals surface area contributed by atoms with E-state index in [4.69, 9.17) is 4.74 Å². The van der Waals surface area contributed by atoms with Crippen molar-refractivity contribution in [1.82, 2.24) is 0 Å². The molecule has 1 fully saturated rings. The largest absolute Gasteiger partial charge is 0.491 e. The molecule has 5 heteroatoms. The number of carbonyl (C=O) groups is 2. The van der Waals surface area contributed by atoms with E-state index in [2.05, 4.69) is 10.6 Å². The maximum atomic E-state index is 12.4. The topological polar surface area (TPSA) is 67.4 Å². The molecule has 0 radical (unpaired) electrons. The lowest BCUT2D eigenvalue weighted by Crippen LogP contribution is -2.20. The highest BCUT2D eigenvalue weighted by atomic mass is 16.5. The summed E-state index contributed by atoms with van der Waals surface area (Å²) < 4.78 is 5.59. The highest BCUT2D eigenvalue weighted by Gasteiger charge is 2.48. The van der Waals surface area contributed by atoms with Gasteiger partial charge in [-0.25, -0.2) is 0 Å². The van der Waals surface area contributed by atoms with Gasteiger partial charge < -0.3 is 15.4 Å². The van der Waals surface area contributed by atoms with Gasteiger partial charge in [0.25, 0.3) is 0 Å². The molecular formula is C22H26N2O3. The summed E-state index contributed by atoms with van der Waals surface area (Å²) in [6.07, 6.45) is 0.685. The third-order valence-corrected chi connectivity index (χ3v) is 4.73. The first-order valence-corrected chi connectivity index (χ1v) is 9.29. The average molecular weight is 366 g/mol. The van der Waals surface area contributed by atoms with Gasteiger partial charge in [0, 0.05) is 11.4 Å². The Hall–Kier alpha value is -2.82. The van der Waals surface area contributed by atoms with Crippen molar-refractivity contribution >= 4 is 23.2 Å². The van der Waals surface area contributed by atoms with Crippen LogP contribution in [0.5, 0.6) is 5.75 Å². The minimum absolute atomic E-state index is 0.0981. The third-order valence-electron chi connectivity index (χ3n) is 4.73. The van der Waals surface area contributed by atoms with Crippen LogP contribution in [0.3, 0.4) is 0 Å². The Labute approximate surface area is 160 Å². The summed E-state index contributed by atoms with van der Waals surface area (Å²) in [4.78, 5) is 24.8. The second kappa shape index (κ2) is 7.82. The fourth-order valence-corrected chi connectivity index (χ4v) is 2.95. The van der Waals surface area contributed by atoms with E-state index in [1.807, 2.05) is 70.2 Å². The molecule has 0 aromatic heterocycles. The van der Waals surface area contributed by atoms with Crippen molar-refractivity contribution in [1.29, 1.82) is 0 Å². The zero-order chi connectivity index (χ0) is 19.6. The predicted molar refractivity (Wildman–Crippen MR) is 107 cm³/mol. The Morgan fingerprint density at radius 1 is 0.889 bits per heavy atom. The molecule has 0 heterocycles. The summed E-state index contributed by atoms with van der Waals surface area (Å²) in [5.74, 6) is 0.00482. The van der Waals surface area contributed by atoms with Crippen LogP contribution in [0.15, 0.2) is 42.5 Å². The molecule has 3 rings (SSSR count). The normalized spacial score (nSPS) is 18.1. The standard InChI is InChI=1S/C22H26N2O3/c1-13(2)27-18-9-7-16(8-10-18)23-21(25)19-12-20(19)22(26)24-17-6-5-14(3)15(4)11-17/h5-11,13,19-20H,12H2,1-4H3,(H,23,25)(H,24,26).